The van der Waals surface area contributed by atoms with E-state index in [1.807, 2.05) is 25.1 Å². The number of benzene rings is 2. The highest BCUT2D eigenvalue weighted by Crippen LogP contribution is 2.31. The monoisotopic (exact) mass is 404 g/mol. The second kappa shape index (κ2) is 8.32. The van der Waals surface area contributed by atoms with Gasteiger partial charge in [0.05, 0.1) is 6.04 Å². The first kappa shape index (κ1) is 19.6. The van der Waals surface area contributed by atoms with E-state index in [1.165, 1.54) is 24.3 Å². The van der Waals surface area contributed by atoms with Crippen LogP contribution < -0.4 is 15.5 Å². The number of hydrogen-bond acceptors (Lipinski definition) is 3. The number of nitrogens with one attached hydrogen (secondary N) is 2. The SMILES string of the molecule is CC(NC(=O)c1cccc2c1CCN2C(=O)Nc1ccc(F)cc1)c1cccnc1. The Bertz CT molecular complexity index is 1070. The van der Waals surface area contributed by atoms with E-state index in [0.717, 1.165) is 11.1 Å². The van der Waals surface area contributed by atoms with Crippen LogP contribution in [0.2, 0.25) is 0 Å². The van der Waals surface area contributed by atoms with Crippen LogP contribution >= 0.6 is 0 Å². The van der Waals surface area contributed by atoms with Crippen LogP contribution in [0.3, 0.4) is 0 Å². The molecule has 0 spiro atoms. The van der Waals surface area contributed by atoms with Crippen molar-refractivity contribution in [3.63, 3.8) is 0 Å². The van der Waals surface area contributed by atoms with E-state index in [-0.39, 0.29) is 23.8 Å². The molecule has 1 aliphatic rings. The summed E-state index contributed by atoms with van der Waals surface area (Å²) in [5.41, 5.74) is 3.52. The first-order chi connectivity index (χ1) is 14.5. The number of aromatic nitrogens is 1. The van der Waals surface area contributed by atoms with Crippen LogP contribution in [0.25, 0.3) is 0 Å². The van der Waals surface area contributed by atoms with Crippen LogP contribution in [0.5, 0.6) is 0 Å². The fourth-order valence-electron chi connectivity index (χ4n) is 3.57. The minimum Gasteiger partial charge on any atom is -0.345 e. The molecule has 4 rings (SSSR count). The van der Waals surface area contributed by atoms with Gasteiger partial charge < -0.3 is 10.6 Å². The Morgan fingerprint density at radius 1 is 1.10 bits per heavy atom. The highest BCUT2D eigenvalue weighted by Gasteiger charge is 2.28. The second-order valence-corrected chi connectivity index (χ2v) is 7.12. The predicted molar refractivity (Wildman–Crippen MR) is 113 cm³/mol. The lowest BCUT2D eigenvalue weighted by atomic mass is 10.0. The second-order valence-electron chi connectivity index (χ2n) is 7.12. The lowest BCUT2D eigenvalue weighted by Gasteiger charge is -2.19. The molecule has 1 atom stereocenters. The molecule has 1 aromatic heterocycles. The Labute approximate surface area is 173 Å². The van der Waals surface area contributed by atoms with Crippen molar-refractivity contribution in [2.75, 3.05) is 16.8 Å². The number of nitrogens with zero attached hydrogens (tertiary/aromatic N) is 2. The first-order valence-electron chi connectivity index (χ1n) is 9.69. The number of carbonyl (C=O) groups excluding carboxylic acids is 2. The van der Waals surface area contributed by atoms with Gasteiger partial charge in [-0.1, -0.05) is 12.1 Å². The lowest BCUT2D eigenvalue weighted by molar-refractivity contribution is 0.0939. The highest BCUT2D eigenvalue weighted by molar-refractivity contribution is 6.05. The number of halogens is 1. The summed E-state index contributed by atoms with van der Waals surface area (Å²) < 4.78 is 13.1. The van der Waals surface area contributed by atoms with E-state index >= 15 is 0 Å². The molecule has 0 saturated heterocycles. The normalized spacial score (nSPS) is 13.5. The van der Waals surface area contributed by atoms with E-state index < -0.39 is 0 Å². The Balaban J connectivity index is 1.50. The number of pyridine rings is 1. The number of amides is 3. The van der Waals surface area contributed by atoms with Gasteiger partial charge in [-0.15, -0.1) is 0 Å². The summed E-state index contributed by atoms with van der Waals surface area (Å²) in [5, 5.41) is 5.77. The molecule has 0 aliphatic carbocycles. The van der Waals surface area contributed by atoms with Crippen molar-refractivity contribution in [1.82, 2.24) is 10.3 Å². The van der Waals surface area contributed by atoms with Gasteiger partial charge >= 0.3 is 6.03 Å². The minimum atomic E-state index is -0.365. The van der Waals surface area contributed by atoms with Gasteiger partial charge in [0.1, 0.15) is 5.82 Å². The standard InChI is InChI=1S/C23H21FN4O2/c1-15(16-4-3-12-25-14-16)26-22(29)20-5-2-6-21-19(20)11-13-28(21)23(30)27-18-9-7-17(24)8-10-18/h2-10,12,14-15H,11,13H2,1H3,(H,26,29)(H,27,30). The molecule has 2 heterocycles. The van der Waals surface area contributed by atoms with Gasteiger partial charge in [0.15, 0.2) is 0 Å². The molecular weight excluding hydrogens is 383 g/mol. The van der Waals surface area contributed by atoms with Crippen LogP contribution in [-0.4, -0.2) is 23.5 Å². The molecule has 2 N–H and O–H groups in total. The number of fused-ring (bicyclic) bond motifs is 1. The molecule has 0 fully saturated rings. The lowest BCUT2D eigenvalue weighted by Crippen LogP contribution is -2.33. The van der Waals surface area contributed by atoms with E-state index in [0.29, 0.717) is 29.9 Å². The van der Waals surface area contributed by atoms with Gasteiger partial charge in [-0.05, 0) is 66.9 Å². The van der Waals surface area contributed by atoms with E-state index in [1.54, 1.807) is 29.4 Å². The van der Waals surface area contributed by atoms with Crippen LogP contribution in [0.1, 0.15) is 34.5 Å². The zero-order chi connectivity index (χ0) is 21.1. The van der Waals surface area contributed by atoms with Crippen LogP contribution in [0, 0.1) is 5.82 Å². The van der Waals surface area contributed by atoms with E-state index in [9.17, 15) is 14.0 Å². The molecule has 30 heavy (non-hydrogen) atoms. The van der Waals surface area contributed by atoms with Gasteiger partial charge in [0.2, 0.25) is 0 Å². The van der Waals surface area contributed by atoms with Crippen LogP contribution in [0.4, 0.5) is 20.6 Å². The van der Waals surface area contributed by atoms with Crippen LogP contribution in [-0.2, 0) is 6.42 Å². The van der Waals surface area contributed by atoms with Crippen molar-refractivity contribution in [3.8, 4) is 0 Å². The molecule has 0 bridgehead atoms. The quantitative estimate of drug-likeness (QED) is 0.681. The maximum Gasteiger partial charge on any atom is 0.326 e. The van der Waals surface area contributed by atoms with Crippen molar-refractivity contribution in [1.29, 1.82) is 0 Å². The summed E-state index contributed by atoms with van der Waals surface area (Å²) in [4.78, 5) is 31.3. The third-order valence-corrected chi connectivity index (χ3v) is 5.14. The fraction of sp³-hybridized carbons (Fsp3) is 0.174. The number of carbonyl (C=O) groups is 2. The Hall–Kier alpha value is -3.74. The molecule has 3 aromatic rings. The summed E-state index contributed by atoms with van der Waals surface area (Å²) in [5.74, 6) is -0.556. The highest BCUT2D eigenvalue weighted by atomic mass is 19.1. The Morgan fingerprint density at radius 2 is 1.90 bits per heavy atom. The maximum atomic E-state index is 13.1. The van der Waals surface area contributed by atoms with Gasteiger partial charge in [-0.2, -0.15) is 0 Å². The van der Waals surface area contributed by atoms with Gasteiger partial charge in [-0.3, -0.25) is 14.7 Å². The first-order valence-corrected chi connectivity index (χ1v) is 9.69. The van der Waals surface area contributed by atoms with Crippen LogP contribution in [0.15, 0.2) is 67.0 Å². The average Bonchev–Trinajstić information content (AvgIpc) is 3.20. The Kier molecular flexibility index (Phi) is 5.43. The number of hydrogen-bond donors (Lipinski definition) is 2. The maximum absolute atomic E-state index is 13.1. The molecule has 0 radical (unpaired) electrons. The van der Waals surface area contributed by atoms with Gasteiger partial charge in [0.25, 0.3) is 5.91 Å². The summed E-state index contributed by atoms with van der Waals surface area (Å²) in [6.07, 6.45) is 3.99. The van der Waals surface area contributed by atoms with Crippen molar-refractivity contribution >= 4 is 23.3 Å². The third-order valence-electron chi connectivity index (χ3n) is 5.14. The van der Waals surface area contributed by atoms with E-state index in [2.05, 4.69) is 15.6 Å². The summed E-state index contributed by atoms with van der Waals surface area (Å²) >= 11 is 0. The molecule has 3 amide bonds. The summed E-state index contributed by atoms with van der Waals surface area (Å²) in [7, 11) is 0. The molecule has 152 valence electrons. The van der Waals surface area contributed by atoms with Crippen molar-refractivity contribution in [3.05, 3.63) is 89.5 Å². The van der Waals surface area contributed by atoms with Gasteiger partial charge in [-0.25, -0.2) is 9.18 Å². The van der Waals surface area contributed by atoms with Crippen molar-refractivity contribution in [2.24, 2.45) is 0 Å². The molecule has 1 unspecified atom stereocenters. The molecular formula is C23H21FN4O2. The molecule has 6 nitrogen and oxygen atoms in total. The smallest absolute Gasteiger partial charge is 0.326 e. The zero-order valence-electron chi connectivity index (χ0n) is 16.4. The fourth-order valence-corrected chi connectivity index (χ4v) is 3.57. The van der Waals surface area contributed by atoms with Gasteiger partial charge in [0, 0.05) is 35.9 Å². The topological polar surface area (TPSA) is 74.3 Å². The molecule has 7 heteroatoms. The predicted octanol–water partition coefficient (Wildman–Crippen LogP) is 4.31. The molecule has 0 saturated carbocycles. The zero-order valence-corrected chi connectivity index (χ0v) is 16.4. The van der Waals surface area contributed by atoms with Crippen molar-refractivity contribution < 1.29 is 14.0 Å². The van der Waals surface area contributed by atoms with E-state index in [4.69, 9.17) is 0 Å². The summed E-state index contributed by atoms with van der Waals surface area (Å²) in [6.45, 7) is 2.37. The van der Waals surface area contributed by atoms with Crippen molar-refractivity contribution in [2.45, 2.75) is 19.4 Å². The average molecular weight is 404 g/mol. The Morgan fingerprint density at radius 3 is 2.63 bits per heavy atom. The minimum absolute atomic E-state index is 0.191. The largest absolute Gasteiger partial charge is 0.345 e. The number of anilines is 2. The third kappa shape index (κ3) is 4.00. The molecule has 1 aliphatic heterocycles. The summed E-state index contributed by atoms with van der Waals surface area (Å²) in [6, 6.07) is 14.2. The number of urea groups is 1. The number of rotatable bonds is 4. The molecule has 2 aromatic carbocycles.